The van der Waals surface area contributed by atoms with E-state index in [-0.39, 0.29) is 12.2 Å². The number of urea groups is 1. The van der Waals surface area contributed by atoms with E-state index in [1.165, 1.54) is 31.4 Å². The summed E-state index contributed by atoms with van der Waals surface area (Å²) >= 11 is 0. The Morgan fingerprint density at radius 3 is 2.83 bits per heavy atom. The summed E-state index contributed by atoms with van der Waals surface area (Å²) < 4.78 is 15.3. The van der Waals surface area contributed by atoms with Gasteiger partial charge in [0.2, 0.25) is 0 Å². The molecule has 1 aromatic carbocycles. The van der Waals surface area contributed by atoms with Gasteiger partial charge in [-0.3, -0.25) is 0 Å². The molecule has 2 aromatic rings. The van der Waals surface area contributed by atoms with Gasteiger partial charge in [0, 0.05) is 0 Å². The average molecular weight is 318 g/mol. The largest absolute Gasteiger partial charge is 0.331 e. The van der Waals surface area contributed by atoms with Crippen LogP contribution in [-0.4, -0.2) is 26.2 Å². The number of anilines is 1. The van der Waals surface area contributed by atoms with Gasteiger partial charge in [-0.2, -0.15) is 0 Å². The molecule has 0 atom stereocenters. The lowest BCUT2D eigenvalue weighted by molar-refractivity contribution is 0.250. The topological polar surface area (TPSA) is 84.7 Å². The van der Waals surface area contributed by atoms with Gasteiger partial charge >= 0.3 is 6.03 Å². The fraction of sp³-hybridized carbons (Fsp3) is 0.467. The highest BCUT2D eigenvalue weighted by Gasteiger charge is 2.20. The summed E-state index contributed by atoms with van der Waals surface area (Å²) in [7, 11) is 0. The average Bonchev–Trinajstić information content (AvgIpc) is 3.04. The molecule has 2 N–H and O–H groups in total. The molecule has 0 spiro atoms. The molecule has 7 nitrogen and oxygen atoms in total. The number of rotatable bonds is 4. The van der Waals surface area contributed by atoms with Gasteiger partial charge in [-0.15, -0.1) is 5.10 Å². The number of nitrogens with one attached hydrogen (secondary N) is 2. The molecule has 1 saturated carbocycles. The minimum Gasteiger partial charge on any atom is -0.331 e. The van der Waals surface area contributed by atoms with Crippen molar-refractivity contribution in [3.05, 3.63) is 35.9 Å². The number of carbonyl (C=O) groups is 1. The van der Waals surface area contributed by atoms with E-state index in [0.717, 1.165) is 12.8 Å². The molecule has 2 amide bonds. The minimum atomic E-state index is -0.492. The Kier molecular flexibility index (Phi) is 4.80. The van der Waals surface area contributed by atoms with Crippen LogP contribution >= 0.6 is 0 Å². The monoisotopic (exact) mass is 318 g/mol. The number of aromatic nitrogens is 4. The SMILES string of the molecule is O=C(NCc1nnnn1C1CCCCC1)Nc1ccccc1F. The van der Waals surface area contributed by atoms with Crippen molar-refractivity contribution in [1.82, 2.24) is 25.5 Å². The quantitative estimate of drug-likeness (QED) is 0.907. The lowest BCUT2D eigenvalue weighted by Gasteiger charge is -2.22. The van der Waals surface area contributed by atoms with Gasteiger partial charge in [0.05, 0.1) is 18.3 Å². The van der Waals surface area contributed by atoms with Crippen LogP contribution in [0.4, 0.5) is 14.9 Å². The molecule has 0 bridgehead atoms. The molecule has 0 aliphatic heterocycles. The van der Waals surface area contributed by atoms with Crippen LogP contribution < -0.4 is 10.6 Å². The second kappa shape index (κ2) is 7.17. The first-order valence-electron chi connectivity index (χ1n) is 7.80. The number of para-hydroxylation sites is 1. The number of hydrogen-bond acceptors (Lipinski definition) is 4. The maximum absolute atomic E-state index is 13.5. The van der Waals surface area contributed by atoms with Gasteiger partial charge in [0.15, 0.2) is 5.82 Å². The molecule has 23 heavy (non-hydrogen) atoms. The van der Waals surface area contributed by atoms with Crippen molar-refractivity contribution in [3.8, 4) is 0 Å². The summed E-state index contributed by atoms with van der Waals surface area (Å²) in [5, 5.41) is 16.8. The zero-order valence-corrected chi connectivity index (χ0v) is 12.7. The fourth-order valence-corrected chi connectivity index (χ4v) is 2.83. The molecule has 0 unspecified atom stereocenters. The number of carbonyl (C=O) groups excluding carboxylic acids is 1. The smallest absolute Gasteiger partial charge is 0.319 e. The van der Waals surface area contributed by atoms with E-state index < -0.39 is 11.8 Å². The zero-order valence-electron chi connectivity index (χ0n) is 12.7. The molecule has 1 aliphatic rings. The number of nitrogens with zero attached hydrogens (tertiary/aromatic N) is 4. The van der Waals surface area contributed by atoms with Crippen LogP contribution in [0, 0.1) is 5.82 Å². The van der Waals surface area contributed by atoms with E-state index >= 15 is 0 Å². The van der Waals surface area contributed by atoms with Crippen molar-refractivity contribution in [3.63, 3.8) is 0 Å². The molecule has 3 rings (SSSR count). The van der Waals surface area contributed by atoms with Crippen LogP contribution in [0.25, 0.3) is 0 Å². The third kappa shape index (κ3) is 3.82. The highest BCUT2D eigenvalue weighted by molar-refractivity contribution is 5.89. The van der Waals surface area contributed by atoms with Gasteiger partial charge < -0.3 is 10.6 Å². The summed E-state index contributed by atoms with van der Waals surface area (Å²) in [5.41, 5.74) is 0.136. The van der Waals surface area contributed by atoms with E-state index in [2.05, 4.69) is 26.2 Å². The van der Waals surface area contributed by atoms with Crippen LogP contribution in [0.5, 0.6) is 0 Å². The van der Waals surface area contributed by atoms with E-state index in [1.807, 2.05) is 0 Å². The van der Waals surface area contributed by atoms with Crippen molar-refractivity contribution < 1.29 is 9.18 Å². The molecular weight excluding hydrogens is 299 g/mol. The van der Waals surface area contributed by atoms with Crippen molar-refractivity contribution >= 4 is 11.7 Å². The first-order valence-corrected chi connectivity index (χ1v) is 7.80. The Labute approximate surface area is 133 Å². The molecule has 1 aliphatic carbocycles. The van der Waals surface area contributed by atoms with Crippen molar-refractivity contribution in [2.45, 2.75) is 44.7 Å². The second-order valence-electron chi connectivity index (χ2n) is 5.62. The van der Waals surface area contributed by atoms with E-state index in [9.17, 15) is 9.18 Å². The summed E-state index contributed by atoms with van der Waals surface area (Å²) in [5.74, 6) is 0.135. The lowest BCUT2D eigenvalue weighted by Crippen LogP contribution is -2.30. The molecule has 1 aromatic heterocycles. The van der Waals surface area contributed by atoms with Crippen LogP contribution in [0.3, 0.4) is 0 Å². The number of benzene rings is 1. The Bertz CT molecular complexity index is 667. The molecule has 1 fully saturated rings. The summed E-state index contributed by atoms with van der Waals surface area (Å²) in [4.78, 5) is 11.9. The van der Waals surface area contributed by atoms with E-state index in [1.54, 1.807) is 16.8 Å². The highest BCUT2D eigenvalue weighted by Crippen LogP contribution is 2.27. The summed E-state index contributed by atoms with van der Waals surface area (Å²) in [6.07, 6.45) is 5.70. The van der Waals surface area contributed by atoms with Gasteiger partial charge in [-0.25, -0.2) is 13.9 Å². The van der Waals surface area contributed by atoms with Gasteiger partial charge in [-0.05, 0) is 35.4 Å². The third-order valence-corrected chi connectivity index (χ3v) is 4.01. The summed E-state index contributed by atoms with van der Waals surface area (Å²) in [6.45, 7) is 0.198. The van der Waals surface area contributed by atoms with Gasteiger partial charge in [0.1, 0.15) is 5.82 Å². The number of halogens is 1. The fourth-order valence-electron chi connectivity index (χ4n) is 2.83. The molecule has 122 valence electrons. The van der Waals surface area contributed by atoms with Crippen LogP contribution in [0.2, 0.25) is 0 Å². The Balaban J connectivity index is 1.57. The van der Waals surface area contributed by atoms with Crippen molar-refractivity contribution in [2.75, 3.05) is 5.32 Å². The van der Waals surface area contributed by atoms with E-state index in [4.69, 9.17) is 0 Å². The molecule has 8 heteroatoms. The predicted octanol–water partition coefficient (Wildman–Crippen LogP) is 2.64. The summed E-state index contributed by atoms with van der Waals surface area (Å²) in [6, 6.07) is 5.82. The first-order chi connectivity index (χ1) is 11.2. The van der Waals surface area contributed by atoms with Crippen LogP contribution in [-0.2, 0) is 6.54 Å². The number of tetrazole rings is 1. The Morgan fingerprint density at radius 1 is 1.26 bits per heavy atom. The predicted molar refractivity (Wildman–Crippen MR) is 82.2 cm³/mol. The minimum absolute atomic E-state index is 0.136. The van der Waals surface area contributed by atoms with Gasteiger partial charge in [0.25, 0.3) is 0 Å². The molecule has 1 heterocycles. The van der Waals surface area contributed by atoms with E-state index in [0.29, 0.717) is 11.9 Å². The van der Waals surface area contributed by atoms with Crippen molar-refractivity contribution in [1.29, 1.82) is 0 Å². The number of amides is 2. The zero-order chi connectivity index (χ0) is 16.1. The Morgan fingerprint density at radius 2 is 2.04 bits per heavy atom. The first kappa shape index (κ1) is 15.4. The van der Waals surface area contributed by atoms with Crippen LogP contribution in [0.1, 0.15) is 44.0 Å². The Hall–Kier alpha value is -2.51. The molecule has 0 radical (unpaired) electrons. The highest BCUT2D eigenvalue weighted by atomic mass is 19.1. The normalized spacial score (nSPS) is 15.3. The second-order valence-corrected chi connectivity index (χ2v) is 5.62. The standard InChI is InChI=1S/C15H19FN6O/c16-12-8-4-5-9-13(12)18-15(23)17-10-14-19-20-21-22(14)11-6-2-1-3-7-11/h4-5,8-9,11H,1-3,6-7,10H2,(H2,17,18,23). The number of hydrogen-bond donors (Lipinski definition) is 2. The lowest BCUT2D eigenvalue weighted by atomic mass is 9.96. The maximum Gasteiger partial charge on any atom is 0.319 e. The molecular formula is C15H19FN6O. The van der Waals surface area contributed by atoms with Crippen LogP contribution in [0.15, 0.2) is 24.3 Å². The third-order valence-electron chi connectivity index (χ3n) is 4.01. The maximum atomic E-state index is 13.5. The van der Waals surface area contributed by atoms with Gasteiger partial charge in [-0.1, -0.05) is 31.4 Å². The van der Waals surface area contributed by atoms with Crippen molar-refractivity contribution in [2.24, 2.45) is 0 Å². The molecule has 0 saturated heterocycles.